The second-order valence-corrected chi connectivity index (χ2v) is 4.40. The van der Waals surface area contributed by atoms with Crippen LogP contribution in [0.4, 0.5) is 0 Å². The second kappa shape index (κ2) is 5.71. The Labute approximate surface area is 97.9 Å². The monoisotopic (exact) mass is 220 g/mol. The zero-order valence-electron chi connectivity index (χ0n) is 10.4. The maximum atomic E-state index is 5.60. The zero-order valence-corrected chi connectivity index (χ0v) is 10.4. The van der Waals surface area contributed by atoms with Crippen LogP contribution in [0.5, 0.6) is 0 Å². The molecule has 0 radical (unpaired) electrons. The molecule has 2 nitrogen and oxygen atoms in total. The summed E-state index contributed by atoms with van der Waals surface area (Å²) in [5.74, 6) is -0.584. The lowest BCUT2D eigenvalue weighted by Crippen LogP contribution is -2.29. The van der Waals surface area contributed by atoms with Gasteiger partial charge in [-0.15, -0.1) is 0 Å². The number of rotatable bonds is 5. The van der Waals surface area contributed by atoms with Gasteiger partial charge in [-0.2, -0.15) is 0 Å². The standard InChI is InChI=1S/C14H20O2/c1-12(2)16-14(3,4)15-11-10-13-8-6-5-7-9-13/h5-12H,1-4H3. The SMILES string of the molecule is CC(C)OC(C)(C)OC=Cc1ccccc1. The molecule has 0 unspecified atom stereocenters. The molecule has 0 fully saturated rings. The molecule has 0 aliphatic carbocycles. The van der Waals surface area contributed by atoms with E-state index in [0.29, 0.717) is 0 Å². The van der Waals surface area contributed by atoms with Crippen molar-refractivity contribution in [1.29, 1.82) is 0 Å². The summed E-state index contributed by atoms with van der Waals surface area (Å²) in [4.78, 5) is 0. The summed E-state index contributed by atoms with van der Waals surface area (Å²) >= 11 is 0. The average molecular weight is 220 g/mol. The fourth-order valence-electron chi connectivity index (χ4n) is 1.44. The van der Waals surface area contributed by atoms with Crippen LogP contribution in [-0.4, -0.2) is 11.9 Å². The Balaban J connectivity index is 2.48. The van der Waals surface area contributed by atoms with Crippen molar-refractivity contribution in [1.82, 2.24) is 0 Å². The first-order valence-corrected chi connectivity index (χ1v) is 5.57. The molecular formula is C14H20O2. The predicted octanol–water partition coefficient (Wildman–Crippen LogP) is 3.84. The van der Waals surface area contributed by atoms with Crippen molar-refractivity contribution in [3.63, 3.8) is 0 Å². The largest absolute Gasteiger partial charge is 0.471 e. The molecule has 0 spiro atoms. The molecule has 0 saturated heterocycles. The third-order valence-corrected chi connectivity index (χ3v) is 1.93. The van der Waals surface area contributed by atoms with Gasteiger partial charge in [0.05, 0.1) is 12.4 Å². The second-order valence-electron chi connectivity index (χ2n) is 4.40. The maximum absolute atomic E-state index is 5.60. The van der Waals surface area contributed by atoms with E-state index >= 15 is 0 Å². The van der Waals surface area contributed by atoms with Crippen LogP contribution in [-0.2, 0) is 9.47 Å². The van der Waals surface area contributed by atoms with Gasteiger partial charge in [-0.1, -0.05) is 30.3 Å². The molecule has 1 aromatic carbocycles. The lowest BCUT2D eigenvalue weighted by molar-refractivity contribution is -0.201. The molecule has 0 heterocycles. The molecule has 0 atom stereocenters. The van der Waals surface area contributed by atoms with Crippen LogP contribution < -0.4 is 0 Å². The molecule has 88 valence electrons. The van der Waals surface area contributed by atoms with Crippen LogP contribution >= 0.6 is 0 Å². The summed E-state index contributed by atoms with van der Waals surface area (Å²) < 4.78 is 11.1. The van der Waals surface area contributed by atoms with Gasteiger partial charge in [0.15, 0.2) is 0 Å². The van der Waals surface area contributed by atoms with Crippen molar-refractivity contribution >= 4 is 6.08 Å². The number of ether oxygens (including phenoxy) is 2. The highest BCUT2D eigenvalue weighted by molar-refractivity contribution is 5.47. The summed E-state index contributed by atoms with van der Waals surface area (Å²) in [5, 5.41) is 0. The van der Waals surface area contributed by atoms with Crippen LogP contribution in [0.1, 0.15) is 33.3 Å². The van der Waals surface area contributed by atoms with Gasteiger partial charge in [0.25, 0.3) is 0 Å². The molecule has 0 amide bonds. The van der Waals surface area contributed by atoms with Gasteiger partial charge in [-0.3, -0.25) is 0 Å². The molecule has 0 bridgehead atoms. The van der Waals surface area contributed by atoms with Crippen molar-refractivity contribution in [3.05, 3.63) is 42.2 Å². The summed E-state index contributed by atoms with van der Waals surface area (Å²) in [6, 6.07) is 10.0. The Morgan fingerprint density at radius 2 is 1.75 bits per heavy atom. The lowest BCUT2D eigenvalue weighted by Gasteiger charge is -2.26. The van der Waals surface area contributed by atoms with Crippen molar-refractivity contribution in [2.75, 3.05) is 0 Å². The van der Waals surface area contributed by atoms with Crippen molar-refractivity contribution in [2.45, 2.75) is 39.6 Å². The molecule has 0 N–H and O–H groups in total. The Morgan fingerprint density at radius 3 is 2.31 bits per heavy atom. The van der Waals surface area contributed by atoms with Gasteiger partial charge in [0.1, 0.15) is 0 Å². The first-order valence-electron chi connectivity index (χ1n) is 5.57. The highest BCUT2D eigenvalue weighted by Crippen LogP contribution is 2.15. The van der Waals surface area contributed by atoms with Crippen molar-refractivity contribution < 1.29 is 9.47 Å². The molecule has 2 heteroatoms. The molecule has 16 heavy (non-hydrogen) atoms. The lowest BCUT2D eigenvalue weighted by atomic mass is 10.2. The van der Waals surface area contributed by atoms with E-state index in [2.05, 4.69) is 0 Å². The fourth-order valence-corrected chi connectivity index (χ4v) is 1.44. The number of hydrogen-bond donors (Lipinski definition) is 0. The average Bonchev–Trinajstić information content (AvgIpc) is 2.16. The molecule has 1 aromatic rings. The van der Waals surface area contributed by atoms with Crippen LogP contribution in [0.25, 0.3) is 6.08 Å². The van der Waals surface area contributed by atoms with E-state index in [4.69, 9.17) is 9.47 Å². The van der Waals surface area contributed by atoms with Gasteiger partial charge in [-0.25, -0.2) is 0 Å². The topological polar surface area (TPSA) is 18.5 Å². The fraction of sp³-hybridized carbons (Fsp3) is 0.429. The summed E-state index contributed by atoms with van der Waals surface area (Å²) in [5.41, 5.74) is 1.11. The van der Waals surface area contributed by atoms with E-state index in [0.717, 1.165) is 5.56 Å². The Kier molecular flexibility index (Phi) is 4.56. The van der Waals surface area contributed by atoms with E-state index in [-0.39, 0.29) is 6.10 Å². The minimum Gasteiger partial charge on any atom is -0.471 e. The van der Waals surface area contributed by atoms with E-state index in [9.17, 15) is 0 Å². The molecule has 0 aliphatic rings. The highest BCUT2D eigenvalue weighted by Gasteiger charge is 2.19. The summed E-state index contributed by atoms with van der Waals surface area (Å²) in [7, 11) is 0. The summed E-state index contributed by atoms with van der Waals surface area (Å²) in [6.45, 7) is 7.79. The van der Waals surface area contributed by atoms with Gasteiger partial charge in [-0.05, 0) is 25.5 Å². The van der Waals surface area contributed by atoms with Crippen LogP contribution in [0.3, 0.4) is 0 Å². The Bertz CT molecular complexity index is 326. The maximum Gasteiger partial charge on any atom is 0.204 e. The molecule has 0 saturated carbocycles. The van der Waals surface area contributed by atoms with Gasteiger partial charge >= 0.3 is 0 Å². The Morgan fingerprint density at radius 1 is 1.12 bits per heavy atom. The van der Waals surface area contributed by atoms with Gasteiger partial charge in [0, 0.05) is 13.8 Å². The van der Waals surface area contributed by atoms with Gasteiger partial charge in [0.2, 0.25) is 5.79 Å². The first kappa shape index (κ1) is 12.8. The quantitative estimate of drug-likeness (QED) is 0.554. The normalized spacial score (nSPS) is 12.3. The molecule has 1 rings (SSSR count). The van der Waals surface area contributed by atoms with Crippen molar-refractivity contribution in [2.24, 2.45) is 0 Å². The summed E-state index contributed by atoms with van der Waals surface area (Å²) in [6.07, 6.45) is 3.75. The van der Waals surface area contributed by atoms with E-state index in [1.54, 1.807) is 6.26 Å². The smallest absolute Gasteiger partial charge is 0.204 e. The van der Waals surface area contributed by atoms with E-state index in [1.807, 2.05) is 64.1 Å². The molecular weight excluding hydrogens is 200 g/mol. The minimum absolute atomic E-state index is 0.153. The predicted molar refractivity (Wildman–Crippen MR) is 66.9 cm³/mol. The number of hydrogen-bond acceptors (Lipinski definition) is 2. The highest BCUT2D eigenvalue weighted by atomic mass is 16.7. The third kappa shape index (κ3) is 4.99. The molecule has 0 aromatic heterocycles. The minimum atomic E-state index is -0.584. The first-order chi connectivity index (χ1) is 7.49. The van der Waals surface area contributed by atoms with E-state index < -0.39 is 5.79 Å². The van der Waals surface area contributed by atoms with Crippen LogP contribution in [0.15, 0.2) is 36.6 Å². The zero-order chi connectivity index (χ0) is 12.0. The van der Waals surface area contributed by atoms with Crippen LogP contribution in [0, 0.1) is 0 Å². The number of benzene rings is 1. The Hall–Kier alpha value is -1.28. The third-order valence-electron chi connectivity index (χ3n) is 1.93. The van der Waals surface area contributed by atoms with E-state index in [1.165, 1.54) is 0 Å². The van der Waals surface area contributed by atoms with Gasteiger partial charge < -0.3 is 9.47 Å². The van der Waals surface area contributed by atoms with Crippen molar-refractivity contribution in [3.8, 4) is 0 Å². The van der Waals surface area contributed by atoms with Crippen LogP contribution in [0.2, 0.25) is 0 Å². The molecule has 0 aliphatic heterocycles.